The Hall–Kier alpha value is -3.42. The van der Waals surface area contributed by atoms with Gasteiger partial charge < -0.3 is 14.5 Å². The molecule has 0 spiro atoms. The number of rotatable bonds is 4. The number of anilines is 1. The highest BCUT2D eigenvalue weighted by Crippen LogP contribution is 2.36. The SMILES string of the molecule is COC(=O)c1c(-c2ccccc2)csc1NC(=O)c1cc2cc(Cl)ccc2oc1=N. The van der Waals surface area contributed by atoms with Crippen LogP contribution in [-0.4, -0.2) is 19.0 Å². The molecule has 0 aliphatic carbocycles. The van der Waals surface area contributed by atoms with Crippen LogP contribution in [0.25, 0.3) is 22.1 Å². The number of amides is 1. The Morgan fingerprint density at radius 3 is 2.63 bits per heavy atom. The predicted octanol–water partition coefficient (Wildman–Crippen LogP) is 5.33. The van der Waals surface area contributed by atoms with E-state index in [4.69, 9.17) is 26.2 Å². The highest BCUT2D eigenvalue weighted by molar-refractivity contribution is 7.15. The van der Waals surface area contributed by atoms with Crippen LogP contribution in [0.5, 0.6) is 0 Å². The third-order valence-electron chi connectivity index (χ3n) is 4.47. The van der Waals surface area contributed by atoms with Crippen LogP contribution in [0.1, 0.15) is 20.7 Å². The second kappa shape index (κ2) is 8.14. The number of halogens is 1. The van der Waals surface area contributed by atoms with E-state index >= 15 is 0 Å². The number of benzene rings is 2. The summed E-state index contributed by atoms with van der Waals surface area (Å²) in [5.41, 5.74) is 1.92. The number of ether oxygens (including phenoxy) is 1. The molecular weight excluding hydrogens is 424 g/mol. The van der Waals surface area contributed by atoms with E-state index in [9.17, 15) is 9.59 Å². The van der Waals surface area contributed by atoms with Crippen LogP contribution < -0.4 is 10.9 Å². The van der Waals surface area contributed by atoms with Crippen molar-refractivity contribution < 1.29 is 18.7 Å². The fourth-order valence-electron chi connectivity index (χ4n) is 3.03. The molecule has 30 heavy (non-hydrogen) atoms. The molecule has 8 heteroatoms. The first kappa shape index (κ1) is 19.9. The smallest absolute Gasteiger partial charge is 0.341 e. The van der Waals surface area contributed by atoms with Crippen molar-refractivity contribution in [3.63, 3.8) is 0 Å². The third kappa shape index (κ3) is 3.72. The first-order valence-electron chi connectivity index (χ1n) is 8.82. The van der Waals surface area contributed by atoms with Gasteiger partial charge in [0.1, 0.15) is 21.7 Å². The van der Waals surface area contributed by atoms with E-state index in [-0.39, 0.29) is 16.7 Å². The van der Waals surface area contributed by atoms with Crippen molar-refractivity contribution in [2.24, 2.45) is 0 Å². The molecule has 2 aromatic heterocycles. The number of fused-ring (bicyclic) bond motifs is 1. The van der Waals surface area contributed by atoms with Crippen LogP contribution in [0, 0.1) is 5.41 Å². The summed E-state index contributed by atoms with van der Waals surface area (Å²) in [7, 11) is 1.29. The molecule has 2 aromatic carbocycles. The highest BCUT2D eigenvalue weighted by Gasteiger charge is 2.23. The van der Waals surface area contributed by atoms with Gasteiger partial charge >= 0.3 is 5.97 Å². The van der Waals surface area contributed by atoms with Crippen LogP contribution in [0.4, 0.5) is 5.00 Å². The Kier molecular flexibility index (Phi) is 5.39. The molecular formula is C22H15ClN2O4S. The lowest BCUT2D eigenvalue weighted by molar-refractivity contribution is 0.0603. The van der Waals surface area contributed by atoms with E-state index in [0.717, 1.165) is 5.56 Å². The molecule has 0 unspecified atom stereocenters. The third-order valence-corrected chi connectivity index (χ3v) is 5.60. The first-order valence-corrected chi connectivity index (χ1v) is 10.1. The zero-order valence-corrected chi connectivity index (χ0v) is 17.3. The van der Waals surface area contributed by atoms with Gasteiger partial charge in [0.15, 0.2) is 0 Å². The Morgan fingerprint density at radius 2 is 1.90 bits per heavy atom. The van der Waals surface area contributed by atoms with Gasteiger partial charge in [-0.05, 0) is 29.8 Å². The quantitative estimate of drug-likeness (QED) is 0.421. The van der Waals surface area contributed by atoms with Crippen molar-refractivity contribution in [2.45, 2.75) is 0 Å². The monoisotopic (exact) mass is 438 g/mol. The summed E-state index contributed by atoms with van der Waals surface area (Å²) >= 11 is 7.22. The van der Waals surface area contributed by atoms with E-state index in [1.807, 2.05) is 30.3 Å². The minimum Gasteiger partial charge on any atom is -0.465 e. The molecule has 0 bridgehead atoms. The van der Waals surface area contributed by atoms with E-state index in [1.165, 1.54) is 24.5 Å². The lowest BCUT2D eigenvalue weighted by Crippen LogP contribution is -2.21. The molecule has 0 fully saturated rings. The van der Waals surface area contributed by atoms with Gasteiger partial charge in [-0.2, -0.15) is 0 Å². The van der Waals surface area contributed by atoms with Gasteiger partial charge in [0, 0.05) is 21.4 Å². The van der Waals surface area contributed by atoms with Crippen LogP contribution >= 0.6 is 22.9 Å². The molecule has 150 valence electrons. The Balaban J connectivity index is 1.74. The number of carbonyl (C=O) groups excluding carboxylic acids is 2. The molecule has 1 amide bonds. The summed E-state index contributed by atoms with van der Waals surface area (Å²) < 4.78 is 10.4. The first-order chi connectivity index (χ1) is 14.5. The molecule has 0 radical (unpaired) electrons. The zero-order valence-electron chi connectivity index (χ0n) is 15.7. The Morgan fingerprint density at radius 1 is 1.13 bits per heavy atom. The maximum Gasteiger partial charge on any atom is 0.341 e. The van der Waals surface area contributed by atoms with Gasteiger partial charge in [-0.1, -0.05) is 41.9 Å². The molecule has 0 aliphatic rings. The predicted molar refractivity (Wildman–Crippen MR) is 116 cm³/mol. The van der Waals surface area contributed by atoms with Crippen LogP contribution in [0.2, 0.25) is 5.02 Å². The molecule has 2 heterocycles. The maximum atomic E-state index is 12.9. The van der Waals surface area contributed by atoms with Crippen molar-refractivity contribution in [1.82, 2.24) is 0 Å². The number of hydrogen-bond acceptors (Lipinski definition) is 6. The van der Waals surface area contributed by atoms with Crippen LogP contribution in [-0.2, 0) is 4.74 Å². The summed E-state index contributed by atoms with van der Waals surface area (Å²) in [6.45, 7) is 0. The molecule has 4 rings (SSSR count). The second-order valence-electron chi connectivity index (χ2n) is 6.34. The fourth-order valence-corrected chi connectivity index (χ4v) is 4.17. The number of esters is 1. The van der Waals surface area contributed by atoms with Crippen molar-refractivity contribution in [2.75, 3.05) is 12.4 Å². The fraction of sp³-hybridized carbons (Fsp3) is 0.0455. The molecule has 0 saturated heterocycles. The summed E-state index contributed by atoms with van der Waals surface area (Å²) in [6, 6.07) is 15.8. The number of hydrogen-bond donors (Lipinski definition) is 2. The minimum atomic E-state index is -0.572. The lowest BCUT2D eigenvalue weighted by Gasteiger charge is -2.08. The van der Waals surface area contributed by atoms with E-state index < -0.39 is 11.9 Å². The van der Waals surface area contributed by atoms with Gasteiger partial charge in [-0.3, -0.25) is 10.2 Å². The Bertz CT molecular complexity index is 1330. The van der Waals surface area contributed by atoms with Crippen molar-refractivity contribution >= 4 is 50.8 Å². The van der Waals surface area contributed by atoms with Gasteiger partial charge in [0.05, 0.1) is 7.11 Å². The van der Waals surface area contributed by atoms with Gasteiger partial charge in [0.25, 0.3) is 5.91 Å². The molecule has 2 N–H and O–H groups in total. The second-order valence-corrected chi connectivity index (χ2v) is 7.65. The largest absolute Gasteiger partial charge is 0.465 e. The molecule has 0 aliphatic heterocycles. The van der Waals surface area contributed by atoms with Crippen molar-refractivity contribution in [3.8, 4) is 11.1 Å². The van der Waals surface area contributed by atoms with Crippen molar-refractivity contribution in [3.05, 3.63) is 81.7 Å². The van der Waals surface area contributed by atoms with Gasteiger partial charge in [-0.15, -0.1) is 11.3 Å². The topological polar surface area (TPSA) is 92.4 Å². The van der Waals surface area contributed by atoms with E-state index in [1.54, 1.807) is 23.6 Å². The molecule has 6 nitrogen and oxygen atoms in total. The average molecular weight is 439 g/mol. The molecule has 0 atom stereocenters. The van der Waals surface area contributed by atoms with Crippen LogP contribution in [0.15, 0.2) is 64.4 Å². The summed E-state index contributed by atoms with van der Waals surface area (Å²) in [5.74, 6) is -1.14. The average Bonchev–Trinajstić information content (AvgIpc) is 3.17. The Labute approximate surface area is 180 Å². The number of methoxy groups -OCH3 is 1. The van der Waals surface area contributed by atoms with Crippen molar-refractivity contribution in [1.29, 1.82) is 5.41 Å². The molecule has 0 saturated carbocycles. The van der Waals surface area contributed by atoms with Gasteiger partial charge in [0.2, 0.25) is 5.55 Å². The summed E-state index contributed by atoms with van der Waals surface area (Å²) in [5, 5.41) is 14.0. The molecule has 4 aromatic rings. The summed E-state index contributed by atoms with van der Waals surface area (Å²) in [4.78, 5) is 25.4. The standard InChI is InChI=1S/C22H15ClN2O4S/c1-28-22(27)18-16(12-5-3-2-4-6-12)11-30-21(18)25-20(26)15-10-13-9-14(23)7-8-17(13)29-19(15)24/h2-11,24H,1H3,(H,25,26). The van der Waals surface area contributed by atoms with Crippen LogP contribution in [0.3, 0.4) is 0 Å². The highest BCUT2D eigenvalue weighted by atomic mass is 35.5. The lowest BCUT2D eigenvalue weighted by atomic mass is 10.0. The normalized spacial score (nSPS) is 10.7. The zero-order chi connectivity index (χ0) is 21.3. The van der Waals surface area contributed by atoms with E-state index in [2.05, 4.69) is 5.32 Å². The number of nitrogens with one attached hydrogen (secondary N) is 2. The maximum absolute atomic E-state index is 12.9. The minimum absolute atomic E-state index is 0.0234. The van der Waals surface area contributed by atoms with Gasteiger partial charge in [-0.25, -0.2) is 4.79 Å². The summed E-state index contributed by atoms with van der Waals surface area (Å²) in [6.07, 6.45) is 0. The van der Waals surface area contributed by atoms with E-state index in [0.29, 0.717) is 26.6 Å². The number of thiophene rings is 1. The number of carbonyl (C=O) groups is 2.